The molecule has 0 amide bonds. The summed E-state index contributed by atoms with van der Waals surface area (Å²) in [6.45, 7) is 0. The van der Waals surface area contributed by atoms with Crippen LogP contribution in [0.4, 0.5) is 17.1 Å². The molecule has 3 rings (SSSR count). The first-order valence-electron chi connectivity index (χ1n) is 8.47. The number of hydrogen-bond donors (Lipinski definition) is 3. The highest BCUT2D eigenvalue weighted by Gasteiger charge is 2.14. The van der Waals surface area contributed by atoms with Gasteiger partial charge in [-0.2, -0.15) is 0 Å². The largest absolute Gasteiger partial charge is 0.495 e. The van der Waals surface area contributed by atoms with Gasteiger partial charge < -0.3 is 15.4 Å². The molecule has 150 valence electrons. The average molecular weight is 448 g/mol. The SMILES string of the molecule is COc1ccccc1NC(=S)Nc1ccc(S(=O)(=O)Nc2cccc(Cl)c2)cc1. The third kappa shape index (κ3) is 5.60. The van der Waals surface area contributed by atoms with Crippen LogP contribution in [0.1, 0.15) is 0 Å². The number of nitrogens with one attached hydrogen (secondary N) is 3. The minimum atomic E-state index is -3.73. The Morgan fingerprint density at radius 3 is 2.34 bits per heavy atom. The lowest BCUT2D eigenvalue weighted by atomic mass is 10.3. The maximum atomic E-state index is 12.5. The van der Waals surface area contributed by atoms with Crippen molar-refractivity contribution < 1.29 is 13.2 Å². The Labute approximate surface area is 179 Å². The standard InChI is InChI=1S/C20H18ClN3O3S2/c1-27-19-8-3-2-7-18(19)23-20(28)22-15-9-11-17(12-10-15)29(25,26)24-16-6-4-5-14(21)13-16/h2-13,24H,1H3,(H2,22,23,28). The fourth-order valence-electron chi connectivity index (χ4n) is 2.52. The summed E-state index contributed by atoms with van der Waals surface area (Å²) in [6.07, 6.45) is 0. The van der Waals surface area contributed by atoms with Gasteiger partial charge in [-0.05, 0) is 66.8 Å². The molecule has 0 heterocycles. The Kier molecular flexibility index (Phi) is 6.58. The minimum Gasteiger partial charge on any atom is -0.495 e. The lowest BCUT2D eigenvalue weighted by Crippen LogP contribution is -2.19. The monoisotopic (exact) mass is 447 g/mol. The van der Waals surface area contributed by atoms with Crippen molar-refractivity contribution in [2.24, 2.45) is 0 Å². The Hall–Kier alpha value is -2.81. The molecule has 0 aromatic heterocycles. The Bertz CT molecular complexity index is 1120. The molecule has 0 fully saturated rings. The van der Waals surface area contributed by atoms with Crippen LogP contribution in [0.25, 0.3) is 0 Å². The van der Waals surface area contributed by atoms with E-state index in [1.165, 1.54) is 18.2 Å². The number of hydrogen-bond acceptors (Lipinski definition) is 4. The molecular formula is C20H18ClN3O3S2. The molecule has 0 aliphatic heterocycles. The van der Waals surface area contributed by atoms with Gasteiger partial charge in [0, 0.05) is 10.7 Å². The fourth-order valence-corrected chi connectivity index (χ4v) is 3.98. The van der Waals surface area contributed by atoms with Gasteiger partial charge >= 0.3 is 0 Å². The normalized spacial score (nSPS) is 10.8. The van der Waals surface area contributed by atoms with Crippen molar-refractivity contribution in [3.63, 3.8) is 0 Å². The van der Waals surface area contributed by atoms with Crippen LogP contribution in [0, 0.1) is 0 Å². The van der Waals surface area contributed by atoms with Crippen LogP contribution < -0.4 is 20.1 Å². The molecule has 3 N–H and O–H groups in total. The van der Waals surface area contributed by atoms with Crippen LogP contribution in [-0.2, 0) is 10.0 Å². The minimum absolute atomic E-state index is 0.117. The van der Waals surface area contributed by atoms with E-state index in [-0.39, 0.29) is 4.90 Å². The molecule has 0 aliphatic carbocycles. The van der Waals surface area contributed by atoms with Crippen molar-refractivity contribution in [1.82, 2.24) is 0 Å². The van der Waals surface area contributed by atoms with E-state index in [2.05, 4.69) is 15.4 Å². The molecule has 0 saturated carbocycles. The van der Waals surface area contributed by atoms with Crippen molar-refractivity contribution in [2.75, 3.05) is 22.5 Å². The number of methoxy groups -OCH3 is 1. The van der Waals surface area contributed by atoms with Crippen molar-refractivity contribution in [1.29, 1.82) is 0 Å². The van der Waals surface area contributed by atoms with Gasteiger partial charge in [-0.1, -0.05) is 29.8 Å². The quantitative estimate of drug-likeness (QED) is 0.463. The number of ether oxygens (including phenoxy) is 1. The molecule has 0 unspecified atom stereocenters. The van der Waals surface area contributed by atoms with Gasteiger partial charge in [-0.3, -0.25) is 4.72 Å². The van der Waals surface area contributed by atoms with Gasteiger partial charge in [0.05, 0.1) is 23.4 Å². The summed E-state index contributed by atoms with van der Waals surface area (Å²) in [5.41, 5.74) is 1.75. The van der Waals surface area contributed by atoms with Crippen molar-refractivity contribution in [3.8, 4) is 5.75 Å². The smallest absolute Gasteiger partial charge is 0.261 e. The van der Waals surface area contributed by atoms with Crippen molar-refractivity contribution in [2.45, 2.75) is 4.90 Å². The van der Waals surface area contributed by atoms with E-state index in [4.69, 9.17) is 28.6 Å². The van der Waals surface area contributed by atoms with Gasteiger partial charge in [0.15, 0.2) is 5.11 Å². The number of sulfonamides is 1. The highest BCUT2D eigenvalue weighted by atomic mass is 35.5. The zero-order valence-corrected chi connectivity index (χ0v) is 17.7. The maximum absolute atomic E-state index is 12.5. The molecule has 9 heteroatoms. The van der Waals surface area contributed by atoms with E-state index in [1.54, 1.807) is 37.4 Å². The van der Waals surface area contributed by atoms with E-state index >= 15 is 0 Å². The molecule has 0 aliphatic rings. The lowest BCUT2D eigenvalue weighted by molar-refractivity contribution is 0.417. The first kappa shape index (κ1) is 20.9. The van der Waals surface area contributed by atoms with Gasteiger partial charge in [0.25, 0.3) is 10.0 Å². The second kappa shape index (κ2) is 9.13. The summed E-state index contributed by atoms with van der Waals surface area (Å²) in [5, 5.41) is 6.85. The molecule has 0 spiro atoms. The van der Waals surface area contributed by atoms with E-state index in [0.29, 0.717) is 27.3 Å². The maximum Gasteiger partial charge on any atom is 0.261 e. The second-order valence-electron chi connectivity index (χ2n) is 5.92. The van der Waals surface area contributed by atoms with Gasteiger partial charge in [0.2, 0.25) is 0 Å². The van der Waals surface area contributed by atoms with Gasteiger partial charge in [0.1, 0.15) is 5.75 Å². The van der Waals surface area contributed by atoms with Crippen LogP contribution in [0.5, 0.6) is 5.75 Å². The lowest BCUT2D eigenvalue weighted by Gasteiger charge is -2.14. The van der Waals surface area contributed by atoms with Crippen LogP contribution >= 0.6 is 23.8 Å². The average Bonchev–Trinajstić information content (AvgIpc) is 2.68. The molecule has 3 aromatic rings. The number of rotatable bonds is 6. The topological polar surface area (TPSA) is 79.5 Å². The summed E-state index contributed by atoms with van der Waals surface area (Å²) in [4.78, 5) is 0.117. The van der Waals surface area contributed by atoms with Crippen LogP contribution in [0.15, 0.2) is 77.7 Å². The Morgan fingerprint density at radius 2 is 1.66 bits per heavy atom. The number of para-hydroxylation sites is 2. The highest BCUT2D eigenvalue weighted by molar-refractivity contribution is 7.92. The van der Waals surface area contributed by atoms with Crippen molar-refractivity contribution in [3.05, 3.63) is 77.8 Å². The molecular weight excluding hydrogens is 430 g/mol. The van der Waals surface area contributed by atoms with Gasteiger partial charge in [-0.25, -0.2) is 8.42 Å². The molecule has 0 saturated heterocycles. The summed E-state index contributed by atoms with van der Waals surface area (Å²) in [6, 6.07) is 20.1. The zero-order chi connectivity index (χ0) is 20.9. The first-order valence-corrected chi connectivity index (χ1v) is 10.7. The van der Waals surface area contributed by atoms with E-state index in [9.17, 15) is 8.42 Å². The van der Waals surface area contributed by atoms with Crippen LogP contribution in [-0.4, -0.2) is 20.6 Å². The summed E-state index contributed by atoms with van der Waals surface area (Å²) in [5.74, 6) is 0.658. The van der Waals surface area contributed by atoms with E-state index < -0.39 is 10.0 Å². The number of anilines is 3. The third-order valence-corrected chi connectivity index (χ3v) is 5.69. The predicted molar refractivity (Wildman–Crippen MR) is 122 cm³/mol. The highest BCUT2D eigenvalue weighted by Crippen LogP contribution is 2.24. The summed E-state index contributed by atoms with van der Waals surface area (Å²) >= 11 is 11.2. The Morgan fingerprint density at radius 1 is 0.931 bits per heavy atom. The van der Waals surface area contributed by atoms with E-state index in [1.807, 2.05) is 24.3 Å². The second-order valence-corrected chi connectivity index (χ2v) is 8.45. The summed E-state index contributed by atoms with van der Waals surface area (Å²) in [7, 11) is -2.16. The Balaban J connectivity index is 1.67. The molecule has 3 aromatic carbocycles. The van der Waals surface area contributed by atoms with Crippen LogP contribution in [0.3, 0.4) is 0 Å². The predicted octanol–water partition coefficient (Wildman–Crippen LogP) is 4.96. The molecule has 0 bridgehead atoms. The number of thiocarbonyl (C=S) groups is 1. The fraction of sp³-hybridized carbons (Fsp3) is 0.0500. The number of benzene rings is 3. The van der Waals surface area contributed by atoms with Crippen molar-refractivity contribution >= 4 is 56.0 Å². The molecule has 29 heavy (non-hydrogen) atoms. The molecule has 0 atom stereocenters. The first-order chi connectivity index (χ1) is 13.9. The third-order valence-electron chi connectivity index (χ3n) is 3.85. The van der Waals surface area contributed by atoms with Crippen LogP contribution in [0.2, 0.25) is 5.02 Å². The molecule has 0 radical (unpaired) electrons. The summed E-state index contributed by atoms with van der Waals surface area (Å²) < 4.78 is 32.8. The van der Waals surface area contributed by atoms with E-state index in [0.717, 1.165) is 5.69 Å². The number of halogens is 1. The molecule has 6 nitrogen and oxygen atoms in total. The zero-order valence-electron chi connectivity index (χ0n) is 15.3. The van der Waals surface area contributed by atoms with Gasteiger partial charge in [-0.15, -0.1) is 0 Å².